The van der Waals surface area contributed by atoms with Gasteiger partial charge in [0, 0.05) is 6.07 Å². The van der Waals surface area contributed by atoms with Gasteiger partial charge >= 0.3 is 5.82 Å². The molecular weight excluding hydrogens is 124 g/mol. The third-order valence-electron chi connectivity index (χ3n) is 1.35. The normalized spacial score (nSPS) is 9.30. The van der Waals surface area contributed by atoms with Gasteiger partial charge in [0.15, 0.2) is 0 Å². The Labute approximate surface area is 60.9 Å². The Morgan fingerprint density at radius 3 is 3.20 bits per heavy atom. The van der Waals surface area contributed by atoms with Crippen LogP contribution in [-0.4, -0.2) is 4.98 Å². The van der Waals surface area contributed by atoms with Crippen molar-refractivity contribution in [2.45, 2.75) is 6.42 Å². The molecule has 1 heterocycles. The standard InChI is InChI=1S/C8H11N2/c1-3-5-8-9-6-4-7-10(8)2/h3-4,6-7H,1,5H2,2H3/q+1. The highest BCUT2D eigenvalue weighted by molar-refractivity contribution is 4.86. The molecule has 10 heavy (non-hydrogen) atoms. The van der Waals surface area contributed by atoms with Gasteiger partial charge in [-0.1, -0.05) is 11.1 Å². The Balaban J connectivity index is 2.91. The topological polar surface area (TPSA) is 16.8 Å². The van der Waals surface area contributed by atoms with Crippen LogP contribution >= 0.6 is 0 Å². The van der Waals surface area contributed by atoms with Crippen LogP contribution in [0.3, 0.4) is 0 Å². The maximum absolute atomic E-state index is 4.16. The van der Waals surface area contributed by atoms with Gasteiger partial charge in [-0.25, -0.2) is 4.57 Å². The lowest BCUT2D eigenvalue weighted by Crippen LogP contribution is -2.33. The van der Waals surface area contributed by atoms with Crippen LogP contribution in [0.15, 0.2) is 31.1 Å². The van der Waals surface area contributed by atoms with Crippen molar-refractivity contribution in [2.75, 3.05) is 0 Å². The van der Waals surface area contributed by atoms with E-state index in [1.807, 2.05) is 30.0 Å². The average Bonchev–Trinajstić information content (AvgIpc) is 1.94. The molecule has 0 aliphatic rings. The molecule has 52 valence electrons. The zero-order chi connectivity index (χ0) is 7.40. The summed E-state index contributed by atoms with van der Waals surface area (Å²) in [6.07, 6.45) is 6.45. The Kier molecular flexibility index (Phi) is 2.15. The zero-order valence-corrected chi connectivity index (χ0v) is 6.12. The Morgan fingerprint density at radius 1 is 1.80 bits per heavy atom. The van der Waals surface area contributed by atoms with Gasteiger partial charge in [-0.15, -0.1) is 6.58 Å². The highest BCUT2D eigenvalue weighted by Gasteiger charge is 2.02. The largest absolute Gasteiger partial charge is 0.301 e. The molecule has 0 radical (unpaired) electrons. The number of hydrogen-bond acceptors (Lipinski definition) is 1. The van der Waals surface area contributed by atoms with Crippen LogP contribution in [0, 0.1) is 0 Å². The van der Waals surface area contributed by atoms with Crippen LogP contribution in [-0.2, 0) is 13.5 Å². The molecule has 0 fully saturated rings. The van der Waals surface area contributed by atoms with E-state index in [9.17, 15) is 0 Å². The number of allylic oxidation sites excluding steroid dienone is 1. The fourth-order valence-electron chi connectivity index (χ4n) is 0.800. The van der Waals surface area contributed by atoms with E-state index in [1.165, 1.54) is 0 Å². The second-order valence-corrected chi connectivity index (χ2v) is 2.14. The SMILES string of the molecule is C=CCc1nccc[n+]1C. The smallest absolute Gasteiger partial charge is 0.237 e. The van der Waals surface area contributed by atoms with Gasteiger partial charge in [0.2, 0.25) is 0 Å². The summed E-state index contributed by atoms with van der Waals surface area (Å²) >= 11 is 0. The predicted molar refractivity (Wildman–Crippen MR) is 39.3 cm³/mol. The minimum absolute atomic E-state index is 0.831. The molecule has 0 saturated carbocycles. The Hall–Kier alpha value is -1.18. The fourth-order valence-corrected chi connectivity index (χ4v) is 0.800. The van der Waals surface area contributed by atoms with Gasteiger partial charge < -0.3 is 0 Å². The van der Waals surface area contributed by atoms with Crippen LogP contribution in [0.1, 0.15) is 5.82 Å². The first kappa shape index (κ1) is 6.93. The van der Waals surface area contributed by atoms with E-state index in [0.717, 1.165) is 12.2 Å². The van der Waals surface area contributed by atoms with Gasteiger partial charge in [0.05, 0.1) is 19.7 Å². The lowest BCUT2D eigenvalue weighted by atomic mass is 10.4. The van der Waals surface area contributed by atoms with Crippen LogP contribution in [0.4, 0.5) is 0 Å². The molecule has 0 aliphatic heterocycles. The van der Waals surface area contributed by atoms with E-state index >= 15 is 0 Å². The highest BCUT2D eigenvalue weighted by atomic mass is 15.0. The van der Waals surface area contributed by atoms with E-state index in [4.69, 9.17) is 0 Å². The molecule has 0 saturated heterocycles. The Morgan fingerprint density at radius 2 is 2.60 bits per heavy atom. The maximum atomic E-state index is 4.16. The van der Waals surface area contributed by atoms with Gasteiger partial charge in [-0.2, -0.15) is 0 Å². The number of aromatic nitrogens is 2. The minimum atomic E-state index is 0.831. The average molecular weight is 135 g/mol. The molecule has 0 N–H and O–H groups in total. The van der Waals surface area contributed by atoms with E-state index in [0.29, 0.717) is 0 Å². The monoisotopic (exact) mass is 135 g/mol. The lowest BCUT2D eigenvalue weighted by molar-refractivity contribution is -0.682. The first-order chi connectivity index (χ1) is 4.84. The molecule has 0 aromatic carbocycles. The second kappa shape index (κ2) is 3.11. The highest BCUT2D eigenvalue weighted by Crippen LogP contribution is 1.85. The number of aryl methyl sites for hydroxylation is 1. The lowest BCUT2D eigenvalue weighted by Gasteiger charge is -1.91. The summed E-state index contributed by atoms with van der Waals surface area (Å²) in [5.74, 6) is 1.04. The van der Waals surface area contributed by atoms with E-state index in [-0.39, 0.29) is 0 Å². The third kappa shape index (κ3) is 1.41. The number of nitrogens with zero attached hydrogens (tertiary/aromatic N) is 2. The zero-order valence-electron chi connectivity index (χ0n) is 6.12. The summed E-state index contributed by atoms with van der Waals surface area (Å²) in [5.41, 5.74) is 0. The molecule has 0 unspecified atom stereocenters. The van der Waals surface area contributed by atoms with Gasteiger partial charge in [-0.3, -0.25) is 0 Å². The van der Waals surface area contributed by atoms with Crippen molar-refractivity contribution in [1.82, 2.24) is 4.98 Å². The molecule has 2 nitrogen and oxygen atoms in total. The maximum Gasteiger partial charge on any atom is 0.301 e. The molecular formula is C8H11N2+. The molecule has 0 bridgehead atoms. The molecule has 1 aromatic rings. The van der Waals surface area contributed by atoms with Crippen molar-refractivity contribution in [3.05, 3.63) is 36.9 Å². The first-order valence-electron chi connectivity index (χ1n) is 3.25. The molecule has 0 spiro atoms. The molecule has 1 aromatic heterocycles. The van der Waals surface area contributed by atoms with Crippen LogP contribution in [0.5, 0.6) is 0 Å². The molecule has 1 rings (SSSR count). The fraction of sp³-hybridized carbons (Fsp3) is 0.250. The summed E-state index contributed by atoms with van der Waals surface area (Å²) < 4.78 is 1.99. The molecule has 0 atom stereocenters. The van der Waals surface area contributed by atoms with Gasteiger partial charge in [0.1, 0.15) is 6.20 Å². The Bertz CT molecular complexity index is 230. The summed E-state index contributed by atoms with van der Waals surface area (Å²) in [6, 6.07) is 1.91. The van der Waals surface area contributed by atoms with E-state index in [2.05, 4.69) is 11.6 Å². The quantitative estimate of drug-likeness (QED) is 0.429. The van der Waals surface area contributed by atoms with Gasteiger partial charge in [-0.05, 0) is 0 Å². The van der Waals surface area contributed by atoms with Crippen LogP contribution < -0.4 is 4.57 Å². The van der Waals surface area contributed by atoms with Crippen molar-refractivity contribution in [1.29, 1.82) is 0 Å². The van der Waals surface area contributed by atoms with Gasteiger partial charge in [0.25, 0.3) is 0 Å². The van der Waals surface area contributed by atoms with Crippen LogP contribution in [0.2, 0.25) is 0 Å². The minimum Gasteiger partial charge on any atom is -0.237 e. The van der Waals surface area contributed by atoms with Crippen molar-refractivity contribution >= 4 is 0 Å². The summed E-state index contributed by atoms with van der Waals surface area (Å²) in [5, 5.41) is 0. The molecule has 2 heteroatoms. The van der Waals surface area contributed by atoms with E-state index < -0.39 is 0 Å². The number of hydrogen-bond donors (Lipinski definition) is 0. The van der Waals surface area contributed by atoms with Crippen molar-refractivity contribution in [2.24, 2.45) is 7.05 Å². The van der Waals surface area contributed by atoms with Crippen molar-refractivity contribution in [3.63, 3.8) is 0 Å². The summed E-state index contributed by atoms with van der Waals surface area (Å²) in [4.78, 5) is 4.16. The molecule has 0 aliphatic carbocycles. The van der Waals surface area contributed by atoms with Crippen LogP contribution in [0.25, 0.3) is 0 Å². The van der Waals surface area contributed by atoms with Crippen molar-refractivity contribution < 1.29 is 4.57 Å². The van der Waals surface area contributed by atoms with Crippen molar-refractivity contribution in [3.8, 4) is 0 Å². The predicted octanol–water partition coefficient (Wildman–Crippen LogP) is 0.635. The third-order valence-corrected chi connectivity index (χ3v) is 1.35. The summed E-state index contributed by atoms with van der Waals surface area (Å²) in [6.45, 7) is 3.64. The van der Waals surface area contributed by atoms with E-state index in [1.54, 1.807) is 6.20 Å². The molecule has 0 amide bonds. The summed E-state index contributed by atoms with van der Waals surface area (Å²) in [7, 11) is 1.98. The first-order valence-corrected chi connectivity index (χ1v) is 3.25. The second-order valence-electron chi connectivity index (χ2n) is 2.14. The number of rotatable bonds is 2.